The topological polar surface area (TPSA) is 55.9 Å². The van der Waals surface area contributed by atoms with Gasteiger partial charge in [0.25, 0.3) is 0 Å². The molecule has 1 aliphatic rings. The number of nitrogen functional groups attached to an aromatic ring is 1. The zero-order valence-electron chi connectivity index (χ0n) is 11.8. The number of nitrogens with zero attached hydrogens (tertiary/aromatic N) is 2. The summed E-state index contributed by atoms with van der Waals surface area (Å²) in [7, 11) is 0. The minimum absolute atomic E-state index is 0.456. The van der Waals surface area contributed by atoms with Crippen LogP contribution in [0.2, 0.25) is 0 Å². The van der Waals surface area contributed by atoms with E-state index < -0.39 is 0 Å². The van der Waals surface area contributed by atoms with Crippen molar-refractivity contribution in [3.05, 3.63) is 54.1 Å². The van der Waals surface area contributed by atoms with Gasteiger partial charge in [-0.05, 0) is 49.2 Å². The Labute approximate surface area is 123 Å². The molecule has 0 spiro atoms. The molecule has 0 amide bonds. The van der Waals surface area contributed by atoms with E-state index in [1.165, 1.54) is 18.4 Å². The van der Waals surface area contributed by atoms with Crippen LogP contribution in [-0.2, 0) is 0 Å². The van der Waals surface area contributed by atoms with Crippen LogP contribution in [0.4, 0.5) is 5.82 Å². The summed E-state index contributed by atoms with van der Waals surface area (Å²) in [5.74, 6) is 0.696. The SMILES string of the molecule is Nc1c2ccc([C@H]3CCCN3)cc2nn1-c1ccccc1. The van der Waals surface area contributed by atoms with Crippen molar-refractivity contribution in [2.75, 3.05) is 12.3 Å². The number of rotatable bonds is 2. The van der Waals surface area contributed by atoms with Crippen molar-refractivity contribution in [3.8, 4) is 5.69 Å². The van der Waals surface area contributed by atoms with Crippen molar-refractivity contribution in [1.82, 2.24) is 15.1 Å². The summed E-state index contributed by atoms with van der Waals surface area (Å²) in [6.07, 6.45) is 2.43. The summed E-state index contributed by atoms with van der Waals surface area (Å²) in [5, 5.41) is 9.22. The molecule has 106 valence electrons. The van der Waals surface area contributed by atoms with Gasteiger partial charge >= 0.3 is 0 Å². The maximum Gasteiger partial charge on any atom is 0.135 e. The molecule has 0 aliphatic carbocycles. The number of fused-ring (bicyclic) bond motifs is 1. The molecule has 1 aliphatic heterocycles. The highest BCUT2D eigenvalue weighted by Crippen LogP contribution is 2.29. The largest absolute Gasteiger partial charge is 0.383 e. The molecule has 2 heterocycles. The predicted molar refractivity (Wildman–Crippen MR) is 85.5 cm³/mol. The molecule has 3 N–H and O–H groups in total. The molecule has 1 aromatic heterocycles. The first-order valence-electron chi connectivity index (χ1n) is 7.40. The van der Waals surface area contributed by atoms with E-state index in [1.54, 1.807) is 0 Å². The average Bonchev–Trinajstić information content (AvgIpc) is 3.16. The van der Waals surface area contributed by atoms with Crippen LogP contribution < -0.4 is 11.1 Å². The van der Waals surface area contributed by atoms with Crippen molar-refractivity contribution in [1.29, 1.82) is 0 Å². The first kappa shape index (κ1) is 12.4. The third-order valence-electron chi connectivity index (χ3n) is 4.20. The van der Waals surface area contributed by atoms with Gasteiger partial charge in [0.15, 0.2) is 0 Å². The standard InChI is InChI=1S/C17H18N4/c18-17-14-9-8-12(15-7-4-10-19-15)11-16(14)20-21(17)13-5-2-1-3-6-13/h1-3,5-6,8-9,11,15,19H,4,7,10,18H2/t15-/m1/s1. The lowest BCUT2D eigenvalue weighted by Gasteiger charge is -2.09. The fourth-order valence-electron chi connectivity index (χ4n) is 3.08. The van der Waals surface area contributed by atoms with E-state index >= 15 is 0 Å². The number of nitrogens with one attached hydrogen (secondary N) is 1. The highest BCUT2D eigenvalue weighted by molar-refractivity contribution is 5.90. The number of para-hydroxylation sites is 1. The monoisotopic (exact) mass is 278 g/mol. The number of benzene rings is 2. The molecule has 1 saturated heterocycles. The Morgan fingerprint density at radius 2 is 2.00 bits per heavy atom. The Morgan fingerprint density at radius 3 is 2.76 bits per heavy atom. The quantitative estimate of drug-likeness (QED) is 0.757. The van der Waals surface area contributed by atoms with E-state index in [2.05, 4.69) is 28.6 Å². The van der Waals surface area contributed by atoms with Crippen LogP contribution in [0.25, 0.3) is 16.6 Å². The van der Waals surface area contributed by atoms with Gasteiger partial charge in [-0.3, -0.25) is 0 Å². The van der Waals surface area contributed by atoms with Crippen LogP contribution in [0.15, 0.2) is 48.5 Å². The molecule has 0 radical (unpaired) electrons. The van der Waals surface area contributed by atoms with Crippen LogP contribution >= 0.6 is 0 Å². The number of nitrogens with two attached hydrogens (primary N) is 1. The van der Waals surface area contributed by atoms with Crippen LogP contribution in [0.3, 0.4) is 0 Å². The maximum atomic E-state index is 6.26. The smallest absolute Gasteiger partial charge is 0.135 e. The molecule has 0 saturated carbocycles. The summed E-state index contributed by atoms with van der Waals surface area (Å²) < 4.78 is 1.82. The van der Waals surface area contributed by atoms with Crippen molar-refractivity contribution < 1.29 is 0 Å². The first-order chi connectivity index (χ1) is 10.3. The van der Waals surface area contributed by atoms with Crippen molar-refractivity contribution in [2.24, 2.45) is 0 Å². The van der Waals surface area contributed by atoms with Gasteiger partial charge in [0, 0.05) is 11.4 Å². The summed E-state index contributed by atoms with van der Waals surface area (Å²) >= 11 is 0. The van der Waals surface area contributed by atoms with Gasteiger partial charge < -0.3 is 11.1 Å². The van der Waals surface area contributed by atoms with Crippen LogP contribution in [0.5, 0.6) is 0 Å². The zero-order valence-corrected chi connectivity index (χ0v) is 11.8. The summed E-state index contributed by atoms with van der Waals surface area (Å²) in [5.41, 5.74) is 9.52. The van der Waals surface area contributed by atoms with E-state index in [0.717, 1.165) is 23.1 Å². The van der Waals surface area contributed by atoms with E-state index in [0.29, 0.717) is 11.9 Å². The number of aromatic nitrogens is 2. The Bertz CT molecular complexity index is 770. The lowest BCUT2D eigenvalue weighted by molar-refractivity contribution is 0.648. The van der Waals surface area contributed by atoms with E-state index in [-0.39, 0.29) is 0 Å². The van der Waals surface area contributed by atoms with E-state index in [4.69, 9.17) is 5.73 Å². The lowest BCUT2D eigenvalue weighted by Crippen LogP contribution is -2.12. The zero-order chi connectivity index (χ0) is 14.2. The Hall–Kier alpha value is -2.33. The molecular formula is C17H18N4. The minimum atomic E-state index is 0.456. The molecule has 2 aromatic carbocycles. The van der Waals surface area contributed by atoms with Gasteiger partial charge in [-0.15, -0.1) is 0 Å². The fourth-order valence-corrected chi connectivity index (χ4v) is 3.08. The molecule has 1 fully saturated rings. The number of hydrogen-bond acceptors (Lipinski definition) is 3. The van der Waals surface area contributed by atoms with Gasteiger partial charge in [-0.2, -0.15) is 5.10 Å². The van der Waals surface area contributed by atoms with Gasteiger partial charge in [-0.25, -0.2) is 4.68 Å². The molecule has 0 bridgehead atoms. The van der Waals surface area contributed by atoms with Crippen molar-refractivity contribution in [3.63, 3.8) is 0 Å². The first-order valence-corrected chi connectivity index (χ1v) is 7.40. The predicted octanol–water partition coefficient (Wildman–Crippen LogP) is 3.03. The maximum absolute atomic E-state index is 6.26. The summed E-state index contributed by atoms with van der Waals surface area (Å²) in [6.45, 7) is 1.10. The third-order valence-corrected chi connectivity index (χ3v) is 4.20. The van der Waals surface area contributed by atoms with E-state index in [1.807, 2.05) is 35.0 Å². The highest BCUT2D eigenvalue weighted by atomic mass is 15.3. The average molecular weight is 278 g/mol. The molecule has 4 rings (SSSR count). The summed E-state index contributed by atoms with van der Waals surface area (Å²) in [6, 6.07) is 16.9. The lowest BCUT2D eigenvalue weighted by atomic mass is 10.0. The van der Waals surface area contributed by atoms with Gasteiger partial charge in [0.05, 0.1) is 11.2 Å². The molecule has 0 unspecified atom stereocenters. The van der Waals surface area contributed by atoms with Crippen LogP contribution in [0.1, 0.15) is 24.4 Å². The molecule has 21 heavy (non-hydrogen) atoms. The Kier molecular flexibility index (Phi) is 2.89. The van der Waals surface area contributed by atoms with Crippen molar-refractivity contribution >= 4 is 16.7 Å². The molecule has 1 atom stereocenters. The molecule has 4 nitrogen and oxygen atoms in total. The third kappa shape index (κ3) is 2.08. The van der Waals surface area contributed by atoms with Crippen LogP contribution in [-0.4, -0.2) is 16.3 Å². The summed E-state index contributed by atoms with van der Waals surface area (Å²) in [4.78, 5) is 0. The second kappa shape index (κ2) is 4.90. The molecule has 3 aromatic rings. The van der Waals surface area contributed by atoms with Crippen LogP contribution in [0, 0.1) is 0 Å². The fraction of sp³-hybridized carbons (Fsp3) is 0.235. The van der Waals surface area contributed by atoms with E-state index in [9.17, 15) is 0 Å². The van der Waals surface area contributed by atoms with Gasteiger partial charge in [-0.1, -0.05) is 24.3 Å². The Morgan fingerprint density at radius 1 is 1.14 bits per heavy atom. The minimum Gasteiger partial charge on any atom is -0.383 e. The van der Waals surface area contributed by atoms with Crippen molar-refractivity contribution in [2.45, 2.75) is 18.9 Å². The second-order valence-corrected chi connectivity index (χ2v) is 5.56. The Balaban J connectivity index is 1.82. The normalized spacial score (nSPS) is 18.4. The number of hydrogen-bond donors (Lipinski definition) is 2. The molecular weight excluding hydrogens is 260 g/mol. The second-order valence-electron chi connectivity index (χ2n) is 5.56. The van der Waals surface area contributed by atoms with Gasteiger partial charge in [0.2, 0.25) is 0 Å². The van der Waals surface area contributed by atoms with Gasteiger partial charge in [0.1, 0.15) is 5.82 Å². The molecule has 4 heteroatoms. The number of anilines is 1. The highest BCUT2D eigenvalue weighted by Gasteiger charge is 2.18.